The molecule has 54 heavy (non-hydrogen) atoms. The Morgan fingerprint density at radius 2 is 1.28 bits per heavy atom. The molecular weight excluding hydrogens is 764 g/mol. The number of phenols is 1. The summed E-state index contributed by atoms with van der Waals surface area (Å²) in [7, 11) is 1.15. The van der Waals surface area contributed by atoms with Gasteiger partial charge in [0.25, 0.3) is 0 Å². The number of ketones is 1. The fraction of sp³-hybridized carbons (Fsp3) is 0.341. The van der Waals surface area contributed by atoms with E-state index in [1.807, 2.05) is 13.8 Å². The molecule has 3 aromatic rings. The fourth-order valence-electron chi connectivity index (χ4n) is 6.86. The summed E-state index contributed by atoms with van der Waals surface area (Å²) in [4.78, 5) is 64.9. The lowest BCUT2D eigenvalue weighted by Crippen LogP contribution is -2.57. The van der Waals surface area contributed by atoms with Crippen molar-refractivity contribution in [3.05, 3.63) is 101 Å². The van der Waals surface area contributed by atoms with Crippen LogP contribution in [-0.4, -0.2) is 52.6 Å². The molecule has 3 aromatic carbocycles. The second-order valence-electron chi connectivity index (χ2n) is 13.1. The zero-order valence-corrected chi connectivity index (χ0v) is 33.6. The summed E-state index contributed by atoms with van der Waals surface area (Å²) in [6, 6.07) is 1.51. The van der Waals surface area contributed by atoms with Crippen LogP contribution in [0.3, 0.4) is 0 Å². The van der Waals surface area contributed by atoms with Crippen LogP contribution in [-0.2, 0) is 27.2 Å². The fourth-order valence-corrected chi connectivity index (χ4v) is 7.44. The van der Waals surface area contributed by atoms with E-state index < -0.39 is 46.8 Å². The van der Waals surface area contributed by atoms with Crippen LogP contribution in [0.5, 0.6) is 23.0 Å². The van der Waals surface area contributed by atoms with Crippen LogP contribution in [0.15, 0.2) is 34.0 Å². The van der Waals surface area contributed by atoms with Crippen molar-refractivity contribution in [1.82, 2.24) is 0 Å². The molecule has 0 bridgehead atoms. The van der Waals surface area contributed by atoms with Gasteiger partial charge >= 0.3 is 23.9 Å². The number of esters is 3. The zero-order valence-electron chi connectivity index (χ0n) is 32.0. The van der Waals surface area contributed by atoms with E-state index in [0.717, 1.165) is 19.3 Å². The Hall–Kier alpha value is -5.27. The Morgan fingerprint density at radius 1 is 0.741 bits per heavy atom. The normalized spacial score (nSPS) is 15.3. The Labute approximate surface area is 321 Å². The van der Waals surface area contributed by atoms with Crippen LogP contribution < -0.4 is 19.3 Å². The number of carbonyl (C=O) groups excluding carboxylic acids is 4. The van der Waals surface area contributed by atoms with Crippen LogP contribution in [0, 0.1) is 48.5 Å². The number of hydrogen-bond donors (Lipinski definition) is 2. The molecule has 0 aliphatic heterocycles. The van der Waals surface area contributed by atoms with E-state index in [1.165, 1.54) is 26.8 Å². The molecule has 0 saturated heterocycles. The molecule has 1 aliphatic rings. The lowest BCUT2D eigenvalue weighted by atomic mass is 9.87. The van der Waals surface area contributed by atoms with Gasteiger partial charge < -0.3 is 34.3 Å². The van der Waals surface area contributed by atoms with Crippen LogP contribution in [0.2, 0.25) is 0 Å². The van der Waals surface area contributed by atoms with Crippen molar-refractivity contribution in [2.24, 2.45) is 0 Å². The number of carboxylic acid groups (broad SMARTS) is 1. The molecule has 0 fully saturated rings. The number of halogens is 1. The number of hydrogen-bond acceptors (Lipinski definition) is 11. The number of allylic oxidation sites excluding steroid dienone is 2. The quantitative estimate of drug-likeness (QED) is 0.165. The van der Waals surface area contributed by atoms with Crippen molar-refractivity contribution in [3.63, 3.8) is 0 Å². The van der Waals surface area contributed by atoms with Gasteiger partial charge in [0.1, 0.15) is 33.0 Å². The first-order chi connectivity index (χ1) is 25.2. The van der Waals surface area contributed by atoms with Crippen molar-refractivity contribution in [3.8, 4) is 23.0 Å². The summed E-state index contributed by atoms with van der Waals surface area (Å²) in [5.74, 6) is -5.38. The molecule has 13 heteroatoms. The van der Waals surface area contributed by atoms with Gasteiger partial charge in [-0.25, -0.2) is 14.4 Å². The minimum Gasteiger partial charge on any atom is -0.832 e. The van der Waals surface area contributed by atoms with Crippen molar-refractivity contribution >= 4 is 45.6 Å². The maximum atomic E-state index is 13.8. The van der Waals surface area contributed by atoms with Crippen molar-refractivity contribution < 1.29 is 58.2 Å². The number of aryl methyl sites for hydroxylation is 1. The van der Waals surface area contributed by atoms with Gasteiger partial charge in [-0.3, -0.25) is 9.59 Å². The van der Waals surface area contributed by atoms with Crippen LogP contribution >= 0.6 is 15.9 Å². The topological polar surface area (TPSA) is 186 Å². The number of carbonyl (C=O) groups is 5. The van der Waals surface area contributed by atoms with Crippen molar-refractivity contribution in [1.29, 1.82) is 0 Å². The van der Waals surface area contributed by atoms with Crippen molar-refractivity contribution in [2.45, 2.75) is 87.7 Å². The van der Waals surface area contributed by atoms with Crippen LogP contribution in [0.1, 0.15) is 102 Å². The van der Waals surface area contributed by atoms with Gasteiger partial charge in [-0.1, -0.05) is 19.4 Å². The van der Waals surface area contributed by atoms with Crippen LogP contribution in [0.25, 0.3) is 0 Å². The molecule has 12 nitrogen and oxygen atoms in total. The lowest BCUT2D eigenvalue weighted by Gasteiger charge is -2.41. The second-order valence-corrected chi connectivity index (χ2v) is 13.9. The highest BCUT2D eigenvalue weighted by Gasteiger charge is 2.40. The molecule has 1 unspecified atom stereocenters. The molecule has 286 valence electrons. The SMILES string of the molecule is CCc1c(C)c(C(=O)O)c(C)c(CC)c1OC(=O)c1c(C)cc(OC(=O)c2c(C)c(C)c(OC(=O)C3([O-])C(C)=CC(=O)C=C3OC)c(Br)c2O)c(C)c1C. The number of rotatable bonds is 10. The van der Waals surface area contributed by atoms with Gasteiger partial charge in [-0.05, 0) is 146 Å². The number of benzene rings is 3. The molecular formula is C41H42BrO12-. The maximum absolute atomic E-state index is 13.8. The van der Waals surface area contributed by atoms with E-state index in [1.54, 1.807) is 34.6 Å². The highest BCUT2D eigenvalue weighted by Crippen LogP contribution is 2.44. The average Bonchev–Trinajstić information content (AvgIpc) is 3.09. The molecule has 2 N–H and O–H groups in total. The third-order valence-electron chi connectivity index (χ3n) is 10.1. The first kappa shape index (κ1) is 41.5. The summed E-state index contributed by atoms with van der Waals surface area (Å²) in [5, 5.41) is 34.8. The van der Waals surface area contributed by atoms with E-state index in [-0.39, 0.29) is 49.4 Å². The first-order valence-electron chi connectivity index (χ1n) is 17.1. The summed E-state index contributed by atoms with van der Waals surface area (Å²) in [6.45, 7) is 16.4. The molecule has 0 radical (unpaired) electrons. The van der Waals surface area contributed by atoms with Gasteiger partial charge in [0.05, 0.1) is 23.8 Å². The van der Waals surface area contributed by atoms with E-state index in [4.69, 9.17) is 18.9 Å². The van der Waals surface area contributed by atoms with Gasteiger partial charge in [-0.2, -0.15) is 0 Å². The Kier molecular flexibility index (Phi) is 12.0. The number of methoxy groups -OCH3 is 1. The maximum Gasteiger partial charge on any atom is 0.347 e. The Bertz CT molecular complexity index is 2170. The first-order valence-corrected chi connectivity index (χ1v) is 17.8. The van der Waals surface area contributed by atoms with E-state index in [9.17, 15) is 39.3 Å². The zero-order chi connectivity index (χ0) is 40.7. The predicted molar refractivity (Wildman–Crippen MR) is 200 cm³/mol. The molecule has 0 spiro atoms. The molecule has 0 saturated carbocycles. The smallest absolute Gasteiger partial charge is 0.347 e. The Balaban J connectivity index is 1.68. The average molecular weight is 807 g/mol. The van der Waals surface area contributed by atoms with Crippen molar-refractivity contribution in [2.75, 3.05) is 7.11 Å². The molecule has 4 rings (SSSR count). The number of ether oxygens (including phenoxy) is 4. The summed E-state index contributed by atoms with van der Waals surface area (Å²) in [6.07, 6.45) is 2.78. The number of carboxylic acids is 1. The summed E-state index contributed by atoms with van der Waals surface area (Å²) >= 11 is 3.20. The summed E-state index contributed by atoms with van der Waals surface area (Å²) in [5.41, 5.74) is 1.42. The van der Waals surface area contributed by atoms with E-state index in [0.29, 0.717) is 57.5 Å². The van der Waals surface area contributed by atoms with Gasteiger partial charge in [-0.15, -0.1) is 0 Å². The highest BCUT2D eigenvalue weighted by atomic mass is 79.9. The molecule has 0 aromatic heterocycles. The largest absolute Gasteiger partial charge is 0.832 e. The summed E-state index contributed by atoms with van der Waals surface area (Å²) < 4.78 is 22.2. The monoisotopic (exact) mass is 805 g/mol. The highest BCUT2D eigenvalue weighted by molar-refractivity contribution is 9.10. The molecule has 0 heterocycles. The molecule has 0 amide bonds. The van der Waals surface area contributed by atoms with E-state index >= 15 is 0 Å². The predicted octanol–water partition coefficient (Wildman–Crippen LogP) is 6.64. The Morgan fingerprint density at radius 3 is 1.80 bits per heavy atom. The molecule has 1 aliphatic carbocycles. The van der Waals surface area contributed by atoms with Gasteiger partial charge in [0.2, 0.25) is 0 Å². The molecule has 1 atom stereocenters. The lowest BCUT2D eigenvalue weighted by molar-refractivity contribution is -0.440. The third-order valence-corrected chi connectivity index (χ3v) is 10.9. The minimum absolute atomic E-state index is 0.108. The number of aromatic carboxylic acids is 1. The third kappa shape index (κ3) is 6.93. The number of aromatic hydroxyl groups is 1. The second kappa shape index (κ2) is 15.6. The minimum atomic E-state index is -2.68. The van der Waals surface area contributed by atoms with Gasteiger partial charge in [0.15, 0.2) is 11.5 Å². The standard InChI is InChI=1S/C41H42BrO12/c1-12-26-23(9)31(37(45)46)24(10)27(13-2)36(26)53-38(47)30-17(3)14-28(19(5)20(30)6)52-39(48)32-21(7)22(8)35(33(42)34(32)44)54-40(49)41(50)18(4)15-25(43)16-29(41)51-11/h14-16,44H,12-13H2,1-11H3,(H,45,46)/q-1. The van der Waals surface area contributed by atoms with Crippen LogP contribution in [0.4, 0.5) is 0 Å². The van der Waals surface area contributed by atoms with E-state index in [2.05, 4.69) is 15.9 Å². The number of phenolic OH excluding ortho intramolecular Hbond substituents is 1. The van der Waals surface area contributed by atoms with Gasteiger partial charge in [0, 0.05) is 6.08 Å².